The number of nitrogens with zero attached hydrogens (tertiary/aromatic N) is 3. The van der Waals surface area contributed by atoms with Crippen LogP contribution >= 0.6 is 0 Å². The molecule has 2 heterocycles. The van der Waals surface area contributed by atoms with Crippen LogP contribution in [-0.4, -0.2) is 14.8 Å². The van der Waals surface area contributed by atoms with Crippen molar-refractivity contribution in [1.82, 2.24) is 14.8 Å². The van der Waals surface area contributed by atoms with Gasteiger partial charge in [0.2, 0.25) is 0 Å². The molecule has 0 aliphatic carbocycles. The highest BCUT2D eigenvalue weighted by molar-refractivity contribution is 5.82. The Morgan fingerprint density at radius 1 is 1.24 bits per heavy atom. The number of rotatable bonds is 4. The summed E-state index contributed by atoms with van der Waals surface area (Å²) in [5.74, 6) is 0. The number of para-hydroxylation sites is 1. The van der Waals surface area contributed by atoms with E-state index in [0.29, 0.717) is 6.04 Å². The minimum atomic E-state index is 0.379. The minimum absolute atomic E-state index is 0.379. The van der Waals surface area contributed by atoms with Gasteiger partial charge in [0.05, 0.1) is 17.4 Å². The molecule has 2 aromatic heterocycles. The first-order valence-corrected chi connectivity index (χ1v) is 7.27. The summed E-state index contributed by atoms with van der Waals surface area (Å²) < 4.78 is 1.96. The predicted octanol–water partition coefficient (Wildman–Crippen LogP) is 3.93. The highest BCUT2D eigenvalue weighted by atomic mass is 15.3. The van der Waals surface area contributed by atoms with Crippen LogP contribution in [0.2, 0.25) is 0 Å². The van der Waals surface area contributed by atoms with E-state index in [2.05, 4.69) is 53.5 Å². The smallest absolute Gasteiger partial charge is 0.0729 e. The predicted molar refractivity (Wildman–Crippen MR) is 86.4 cm³/mol. The Morgan fingerprint density at radius 2 is 2.05 bits per heavy atom. The van der Waals surface area contributed by atoms with Crippen LogP contribution in [0.3, 0.4) is 0 Å². The molecule has 0 amide bonds. The molecule has 0 atom stereocenters. The van der Waals surface area contributed by atoms with Gasteiger partial charge in [-0.3, -0.25) is 9.67 Å². The standard InChI is InChI=1S/C17H20N4/c1-12(2)21-11-15(10-19-21)18-9-14-8-13(3)20-17-7-5-4-6-16(14)17/h4-8,10-12,18H,9H2,1-3H3. The van der Waals surface area contributed by atoms with Crippen LogP contribution < -0.4 is 5.32 Å². The third-order valence-corrected chi connectivity index (χ3v) is 3.54. The molecule has 0 spiro atoms. The average molecular weight is 280 g/mol. The monoisotopic (exact) mass is 280 g/mol. The SMILES string of the molecule is Cc1cc(CNc2cnn(C(C)C)c2)c2ccccc2n1. The van der Waals surface area contributed by atoms with Crippen molar-refractivity contribution in [2.45, 2.75) is 33.4 Å². The van der Waals surface area contributed by atoms with E-state index in [1.54, 1.807) is 0 Å². The lowest BCUT2D eigenvalue weighted by molar-refractivity contribution is 0.532. The van der Waals surface area contributed by atoms with Gasteiger partial charge >= 0.3 is 0 Å². The zero-order chi connectivity index (χ0) is 14.8. The van der Waals surface area contributed by atoms with Crippen LogP contribution in [0.25, 0.3) is 10.9 Å². The Morgan fingerprint density at radius 3 is 2.81 bits per heavy atom. The molecular weight excluding hydrogens is 260 g/mol. The number of aromatic nitrogens is 3. The first-order chi connectivity index (χ1) is 10.1. The Kier molecular flexibility index (Phi) is 3.60. The molecule has 4 heteroatoms. The lowest BCUT2D eigenvalue weighted by atomic mass is 10.1. The fourth-order valence-electron chi connectivity index (χ4n) is 2.45. The summed E-state index contributed by atoms with van der Waals surface area (Å²) in [5.41, 5.74) is 4.40. The zero-order valence-corrected chi connectivity index (χ0v) is 12.7. The van der Waals surface area contributed by atoms with E-state index in [-0.39, 0.29) is 0 Å². The van der Waals surface area contributed by atoms with Crippen LogP contribution in [0.15, 0.2) is 42.7 Å². The van der Waals surface area contributed by atoms with Gasteiger partial charge in [0.15, 0.2) is 0 Å². The van der Waals surface area contributed by atoms with Crippen molar-refractivity contribution in [1.29, 1.82) is 0 Å². The van der Waals surface area contributed by atoms with Crippen molar-refractivity contribution in [3.8, 4) is 0 Å². The number of anilines is 1. The van der Waals surface area contributed by atoms with Gasteiger partial charge in [-0.05, 0) is 38.5 Å². The highest BCUT2D eigenvalue weighted by Gasteiger charge is 2.05. The van der Waals surface area contributed by atoms with Crippen LogP contribution in [0.4, 0.5) is 5.69 Å². The largest absolute Gasteiger partial charge is 0.378 e. The normalized spacial score (nSPS) is 11.2. The summed E-state index contributed by atoms with van der Waals surface area (Å²) in [6.07, 6.45) is 3.91. The van der Waals surface area contributed by atoms with E-state index in [1.165, 1.54) is 10.9 Å². The van der Waals surface area contributed by atoms with Crippen molar-refractivity contribution >= 4 is 16.6 Å². The second-order valence-electron chi connectivity index (χ2n) is 5.60. The minimum Gasteiger partial charge on any atom is -0.378 e. The van der Waals surface area contributed by atoms with Gasteiger partial charge in [0.25, 0.3) is 0 Å². The molecule has 0 saturated heterocycles. The molecular formula is C17H20N4. The van der Waals surface area contributed by atoms with Crippen molar-refractivity contribution in [3.63, 3.8) is 0 Å². The van der Waals surface area contributed by atoms with Crippen molar-refractivity contribution in [2.75, 3.05) is 5.32 Å². The summed E-state index contributed by atoms with van der Waals surface area (Å²) in [5, 5.41) is 8.99. The average Bonchev–Trinajstić information content (AvgIpc) is 2.93. The van der Waals surface area contributed by atoms with Crippen molar-refractivity contribution in [3.05, 3.63) is 54.0 Å². The van der Waals surface area contributed by atoms with Gasteiger partial charge in [0.1, 0.15) is 0 Å². The summed E-state index contributed by atoms with van der Waals surface area (Å²) in [7, 11) is 0. The van der Waals surface area contributed by atoms with Gasteiger partial charge < -0.3 is 5.32 Å². The number of aryl methyl sites for hydroxylation is 1. The lowest BCUT2D eigenvalue weighted by Crippen LogP contribution is -2.02. The maximum Gasteiger partial charge on any atom is 0.0729 e. The fraction of sp³-hybridized carbons (Fsp3) is 0.294. The third kappa shape index (κ3) is 2.89. The molecule has 1 N–H and O–H groups in total. The molecule has 108 valence electrons. The van der Waals surface area contributed by atoms with E-state index in [0.717, 1.165) is 23.4 Å². The number of hydrogen-bond acceptors (Lipinski definition) is 3. The van der Waals surface area contributed by atoms with Gasteiger partial charge in [-0.15, -0.1) is 0 Å². The molecule has 0 fully saturated rings. The molecule has 3 aromatic rings. The molecule has 0 saturated carbocycles. The van der Waals surface area contributed by atoms with Gasteiger partial charge in [-0.2, -0.15) is 5.10 Å². The second-order valence-corrected chi connectivity index (χ2v) is 5.60. The Bertz CT molecular complexity index is 758. The first kappa shape index (κ1) is 13.6. The van der Waals surface area contributed by atoms with Gasteiger partial charge in [0, 0.05) is 29.9 Å². The molecule has 0 aliphatic rings. The lowest BCUT2D eigenvalue weighted by Gasteiger charge is -2.09. The van der Waals surface area contributed by atoms with E-state index in [4.69, 9.17) is 0 Å². The number of hydrogen-bond donors (Lipinski definition) is 1. The summed E-state index contributed by atoms with van der Waals surface area (Å²) in [6, 6.07) is 10.8. The van der Waals surface area contributed by atoms with Crippen LogP contribution in [0.5, 0.6) is 0 Å². The quantitative estimate of drug-likeness (QED) is 0.787. The molecule has 3 rings (SSSR count). The fourth-order valence-corrected chi connectivity index (χ4v) is 2.45. The number of pyridine rings is 1. The molecule has 21 heavy (non-hydrogen) atoms. The molecule has 0 bridgehead atoms. The van der Waals surface area contributed by atoms with Crippen LogP contribution in [0.1, 0.15) is 31.1 Å². The number of fused-ring (bicyclic) bond motifs is 1. The highest BCUT2D eigenvalue weighted by Crippen LogP contribution is 2.19. The van der Waals surface area contributed by atoms with Gasteiger partial charge in [-0.25, -0.2) is 0 Å². The van der Waals surface area contributed by atoms with Crippen molar-refractivity contribution in [2.24, 2.45) is 0 Å². The molecule has 4 nitrogen and oxygen atoms in total. The topological polar surface area (TPSA) is 42.7 Å². The van der Waals surface area contributed by atoms with E-state index < -0.39 is 0 Å². The van der Waals surface area contributed by atoms with Crippen molar-refractivity contribution < 1.29 is 0 Å². The molecule has 1 aromatic carbocycles. The third-order valence-electron chi connectivity index (χ3n) is 3.54. The Labute approximate surface area is 124 Å². The van der Waals surface area contributed by atoms with E-state index >= 15 is 0 Å². The van der Waals surface area contributed by atoms with Gasteiger partial charge in [-0.1, -0.05) is 18.2 Å². The van der Waals surface area contributed by atoms with E-state index in [9.17, 15) is 0 Å². The number of benzene rings is 1. The first-order valence-electron chi connectivity index (χ1n) is 7.27. The Hall–Kier alpha value is -2.36. The summed E-state index contributed by atoms with van der Waals surface area (Å²) in [6.45, 7) is 7.05. The summed E-state index contributed by atoms with van der Waals surface area (Å²) >= 11 is 0. The molecule has 0 unspecified atom stereocenters. The maximum absolute atomic E-state index is 4.57. The molecule has 0 radical (unpaired) electrons. The van der Waals surface area contributed by atoms with E-state index in [1.807, 2.05) is 30.1 Å². The van der Waals surface area contributed by atoms with Crippen LogP contribution in [-0.2, 0) is 6.54 Å². The summed E-state index contributed by atoms with van der Waals surface area (Å²) in [4.78, 5) is 4.57. The Balaban J connectivity index is 1.84. The maximum atomic E-state index is 4.57. The second kappa shape index (κ2) is 5.56. The number of nitrogens with one attached hydrogen (secondary N) is 1. The van der Waals surface area contributed by atoms with Crippen LogP contribution in [0, 0.1) is 6.92 Å². The molecule has 0 aliphatic heterocycles. The zero-order valence-electron chi connectivity index (χ0n) is 12.7.